The summed E-state index contributed by atoms with van der Waals surface area (Å²) in [6.07, 6.45) is 0.728. The van der Waals surface area contributed by atoms with Gasteiger partial charge in [0, 0.05) is 18.4 Å². The van der Waals surface area contributed by atoms with E-state index >= 15 is 0 Å². The predicted octanol–water partition coefficient (Wildman–Crippen LogP) is 1.69. The molecule has 0 atom stereocenters. The summed E-state index contributed by atoms with van der Waals surface area (Å²) in [6.45, 7) is 6.01. The number of nitro groups is 1. The van der Waals surface area contributed by atoms with E-state index < -0.39 is 16.6 Å². The van der Waals surface area contributed by atoms with Crippen LogP contribution < -0.4 is 16.2 Å². The number of nitrogen functional groups attached to an aromatic ring is 1. The van der Waals surface area contributed by atoms with Gasteiger partial charge in [-0.3, -0.25) is 15.3 Å². The first kappa shape index (κ1) is 19.9. The van der Waals surface area contributed by atoms with Gasteiger partial charge >= 0.3 is 6.09 Å². The molecule has 5 N–H and O–H groups in total. The molecule has 10 heteroatoms. The lowest BCUT2D eigenvalue weighted by Gasteiger charge is -2.19. The number of hydrogen-bond acceptors (Lipinski definition) is 8. The van der Waals surface area contributed by atoms with Crippen molar-refractivity contribution in [3.63, 3.8) is 0 Å². The van der Waals surface area contributed by atoms with Crippen LogP contribution in [0.5, 0.6) is 0 Å². The van der Waals surface area contributed by atoms with Crippen LogP contribution in [0.15, 0.2) is 18.3 Å². The van der Waals surface area contributed by atoms with Crippen LogP contribution >= 0.6 is 11.9 Å². The van der Waals surface area contributed by atoms with Gasteiger partial charge in [-0.1, -0.05) is 11.9 Å². The second-order valence-electron chi connectivity index (χ2n) is 5.00. The molecule has 1 heterocycles. The lowest BCUT2D eigenvalue weighted by molar-refractivity contribution is -0.385. The minimum atomic E-state index is -0.521. The fraction of sp³-hybridized carbons (Fsp3) is 0.500. The highest BCUT2D eigenvalue weighted by atomic mass is 32.2. The van der Waals surface area contributed by atoms with Crippen LogP contribution in [-0.2, 0) is 4.74 Å². The molecule has 1 amide bonds. The summed E-state index contributed by atoms with van der Waals surface area (Å²) in [5.74, 6) is 0.977. The standard InChI is InChI=1S/C7H16N2O2S.C5H5N3O2/c1-7(2,3)11-6(10)9-4-5-12-8;6-5-2-1-4(3-7-5)8(9)10/h4-5,8H2,1-3H3,(H,9,10);1-3H,(H2,6,7). The van der Waals surface area contributed by atoms with Gasteiger partial charge in [-0.25, -0.2) is 9.78 Å². The highest BCUT2D eigenvalue weighted by molar-refractivity contribution is 7.97. The van der Waals surface area contributed by atoms with Crippen molar-refractivity contribution < 1.29 is 14.5 Å². The van der Waals surface area contributed by atoms with E-state index in [2.05, 4.69) is 10.3 Å². The number of aromatic nitrogens is 1. The number of ether oxygens (including phenoxy) is 1. The van der Waals surface area contributed by atoms with E-state index in [1.54, 1.807) is 0 Å². The topological polar surface area (TPSA) is 146 Å². The fourth-order valence-electron chi connectivity index (χ4n) is 1.03. The highest BCUT2D eigenvalue weighted by Gasteiger charge is 2.15. The number of carbonyl (C=O) groups is 1. The second-order valence-corrected chi connectivity index (χ2v) is 5.74. The van der Waals surface area contributed by atoms with Crippen molar-refractivity contribution in [2.75, 3.05) is 18.0 Å². The zero-order chi connectivity index (χ0) is 17.2. The molecule has 0 unspecified atom stereocenters. The van der Waals surface area contributed by atoms with E-state index in [1.165, 1.54) is 24.1 Å². The predicted molar refractivity (Wildman–Crippen MR) is 86.2 cm³/mol. The minimum absolute atomic E-state index is 0.0470. The number of amides is 1. The van der Waals surface area contributed by atoms with Crippen molar-refractivity contribution in [3.8, 4) is 0 Å². The van der Waals surface area contributed by atoms with Gasteiger partial charge in [-0.15, -0.1) is 0 Å². The molecule has 1 aromatic rings. The SMILES string of the molecule is CC(C)(C)OC(=O)NCCSN.Nc1ccc([N+](=O)[O-])cn1. The summed E-state index contributed by atoms with van der Waals surface area (Å²) in [5, 5.41) is 17.8. The molecule has 0 saturated heterocycles. The zero-order valence-electron chi connectivity index (χ0n) is 12.7. The molecule has 9 nitrogen and oxygen atoms in total. The number of anilines is 1. The van der Waals surface area contributed by atoms with E-state index in [0.717, 1.165) is 6.20 Å². The van der Waals surface area contributed by atoms with E-state index in [-0.39, 0.29) is 11.5 Å². The average Bonchev–Trinajstić information content (AvgIpc) is 2.38. The molecule has 1 rings (SSSR count). The van der Waals surface area contributed by atoms with Crippen molar-refractivity contribution in [1.82, 2.24) is 10.3 Å². The van der Waals surface area contributed by atoms with Gasteiger partial charge < -0.3 is 15.8 Å². The Hall–Kier alpha value is -2.07. The Morgan fingerprint density at radius 1 is 1.50 bits per heavy atom. The zero-order valence-corrected chi connectivity index (χ0v) is 13.6. The third-order valence-corrected chi connectivity index (χ3v) is 2.31. The summed E-state index contributed by atoms with van der Waals surface area (Å²) >= 11 is 1.19. The molecule has 22 heavy (non-hydrogen) atoms. The molecule has 1 aromatic heterocycles. The van der Waals surface area contributed by atoms with E-state index in [9.17, 15) is 14.9 Å². The number of rotatable bonds is 4. The van der Waals surface area contributed by atoms with Crippen molar-refractivity contribution in [2.24, 2.45) is 5.14 Å². The smallest absolute Gasteiger partial charge is 0.407 e. The lowest BCUT2D eigenvalue weighted by atomic mass is 10.2. The number of hydrogen-bond donors (Lipinski definition) is 3. The Labute approximate surface area is 133 Å². The molecule has 0 bridgehead atoms. The van der Waals surface area contributed by atoms with Gasteiger partial charge in [0.15, 0.2) is 0 Å². The Morgan fingerprint density at radius 3 is 2.55 bits per heavy atom. The first-order valence-electron chi connectivity index (χ1n) is 6.30. The van der Waals surface area contributed by atoms with Crippen molar-refractivity contribution in [3.05, 3.63) is 28.4 Å². The van der Waals surface area contributed by atoms with Gasteiger partial charge in [0.2, 0.25) is 0 Å². The summed E-state index contributed by atoms with van der Waals surface area (Å²) in [5.41, 5.74) is 4.72. The van der Waals surface area contributed by atoms with E-state index in [1.807, 2.05) is 20.8 Å². The van der Waals surface area contributed by atoms with Crippen LogP contribution in [0.4, 0.5) is 16.3 Å². The number of alkyl carbamates (subject to hydrolysis) is 1. The summed E-state index contributed by atoms with van der Waals surface area (Å²) in [7, 11) is 0. The van der Waals surface area contributed by atoms with Crippen LogP contribution in [0.2, 0.25) is 0 Å². The molecule has 124 valence electrons. The van der Waals surface area contributed by atoms with Gasteiger partial charge in [0.1, 0.15) is 17.6 Å². The van der Waals surface area contributed by atoms with Crippen molar-refractivity contribution in [2.45, 2.75) is 26.4 Å². The van der Waals surface area contributed by atoms with Crippen LogP contribution in [0.25, 0.3) is 0 Å². The van der Waals surface area contributed by atoms with Crippen LogP contribution in [0.3, 0.4) is 0 Å². The molecular weight excluding hydrogens is 310 g/mol. The highest BCUT2D eigenvalue weighted by Crippen LogP contribution is 2.08. The van der Waals surface area contributed by atoms with Gasteiger partial charge in [0.05, 0.1) is 4.92 Å². The first-order chi connectivity index (χ1) is 10.2. The quantitative estimate of drug-likeness (QED) is 0.327. The Balaban J connectivity index is 0.000000406. The van der Waals surface area contributed by atoms with Crippen LogP contribution in [-0.4, -0.2) is 33.9 Å². The van der Waals surface area contributed by atoms with Crippen LogP contribution in [0, 0.1) is 10.1 Å². The maximum absolute atomic E-state index is 11.0. The maximum atomic E-state index is 11.0. The summed E-state index contributed by atoms with van der Waals surface area (Å²) in [4.78, 5) is 24.0. The summed E-state index contributed by atoms with van der Waals surface area (Å²) in [6, 6.07) is 2.69. The van der Waals surface area contributed by atoms with E-state index in [4.69, 9.17) is 15.6 Å². The largest absolute Gasteiger partial charge is 0.444 e. The van der Waals surface area contributed by atoms with Gasteiger partial charge in [-0.2, -0.15) is 0 Å². The van der Waals surface area contributed by atoms with Gasteiger partial charge in [-0.05, 0) is 26.8 Å². The Kier molecular flexibility index (Phi) is 8.87. The molecular formula is C12H21N5O4S. The number of nitrogens with zero attached hydrogens (tertiary/aromatic N) is 2. The molecule has 0 saturated carbocycles. The average molecular weight is 331 g/mol. The van der Waals surface area contributed by atoms with Gasteiger partial charge in [0.25, 0.3) is 5.69 Å². The number of pyridine rings is 1. The Bertz CT molecular complexity index is 475. The monoisotopic (exact) mass is 331 g/mol. The maximum Gasteiger partial charge on any atom is 0.407 e. The normalized spacial score (nSPS) is 10.2. The molecule has 0 aliphatic carbocycles. The Morgan fingerprint density at radius 2 is 2.14 bits per heavy atom. The molecule has 0 fully saturated rings. The van der Waals surface area contributed by atoms with Crippen molar-refractivity contribution >= 4 is 29.5 Å². The third-order valence-electron chi connectivity index (χ3n) is 1.87. The summed E-state index contributed by atoms with van der Waals surface area (Å²) < 4.78 is 4.98. The molecule has 0 aliphatic heterocycles. The molecule has 0 aliphatic rings. The fourth-order valence-corrected chi connectivity index (χ4v) is 1.25. The van der Waals surface area contributed by atoms with E-state index in [0.29, 0.717) is 12.3 Å². The number of nitrogens with one attached hydrogen (secondary N) is 1. The minimum Gasteiger partial charge on any atom is -0.444 e. The second kappa shape index (κ2) is 9.79. The lowest BCUT2D eigenvalue weighted by Crippen LogP contribution is -2.33. The molecule has 0 spiro atoms. The first-order valence-corrected chi connectivity index (χ1v) is 7.35. The van der Waals surface area contributed by atoms with Crippen molar-refractivity contribution in [1.29, 1.82) is 0 Å². The van der Waals surface area contributed by atoms with Crippen LogP contribution in [0.1, 0.15) is 20.8 Å². The molecule has 0 radical (unpaired) electrons. The molecule has 0 aromatic carbocycles. The number of nitrogens with two attached hydrogens (primary N) is 2. The number of carbonyl (C=O) groups excluding carboxylic acids is 1. The third kappa shape index (κ3) is 10.7.